The van der Waals surface area contributed by atoms with E-state index in [-0.39, 0.29) is 16.9 Å². The first-order valence-electron chi connectivity index (χ1n) is 9.79. The van der Waals surface area contributed by atoms with Crippen LogP contribution in [-0.4, -0.2) is 41.3 Å². The van der Waals surface area contributed by atoms with Gasteiger partial charge in [-0.2, -0.15) is 4.31 Å². The fourth-order valence-corrected chi connectivity index (χ4v) is 5.11. The lowest BCUT2D eigenvalue weighted by Crippen LogP contribution is -2.41. The van der Waals surface area contributed by atoms with Gasteiger partial charge in [-0.25, -0.2) is 13.4 Å². The van der Waals surface area contributed by atoms with Crippen LogP contribution < -0.4 is 5.32 Å². The average molecular weight is 413 g/mol. The van der Waals surface area contributed by atoms with Gasteiger partial charge in [0.1, 0.15) is 0 Å². The molecule has 1 aromatic heterocycles. The Hall–Kier alpha value is -2.71. The van der Waals surface area contributed by atoms with Crippen LogP contribution in [0.5, 0.6) is 0 Å². The largest absolute Gasteiger partial charge is 0.336 e. The van der Waals surface area contributed by atoms with Crippen LogP contribution >= 0.6 is 0 Å². The van der Waals surface area contributed by atoms with Crippen molar-refractivity contribution in [1.82, 2.24) is 13.9 Å². The van der Waals surface area contributed by atoms with Gasteiger partial charge in [0.05, 0.1) is 6.33 Å². The molecule has 3 aromatic rings. The minimum absolute atomic E-state index is 0.0614. The molecule has 0 spiro atoms. The maximum Gasteiger partial charge on any atom is 0.262 e. The summed E-state index contributed by atoms with van der Waals surface area (Å²) in [7, 11) is -3.62. The van der Waals surface area contributed by atoms with Crippen LogP contribution in [0.15, 0.2) is 60.0 Å². The lowest BCUT2D eigenvalue weighted by atomic mass is 9.97. The van der Waals surface area contributed by atoms with E-state index in [4.69, 9.17) is 0 Å². The molecule has 0 bridgehead atoms. The molecule has 0 aliphatic carbocycles. The van der Waals surface area contributed by atoms with Crippen molar-refractivity contribution in [3.05, 3.63) is 55.0 Å². The van der Waals surface area contributed by atoms with E-state index < -0.39 is 10.0 Å². The van der Waals surface area contributed by atoms with Crippen LogP contribution in [-0.2, 0) is 21.4 Å². The summed E-state index contributed by atoms with van der Waals surface area (Å²) in [5, 5.41) is 5.16. The van der Waals surface area contributed by atoms with Crippen molar-refractivity contribution in [3.63, 3.8) is 0 Å². The van der Waals surface area contributed by atoms with Crippen LogP contribution in [0, 0.1) is 5.92 Å². The van der Waals surface area contributed by atoms with E-state index in [1.54, 1.807) is 10.8 Å². The number of carbonyl (C=O) groups excluding carboxylic acids is 1. The van der Waals surface area contributed by atoms with E-state index >= 15 is 0 Å². The summed E-state index contributed by atoms with van der Waals surface area (Å²) in [6, 6.07) is 13.7. The van der Waals surface area contributed by atoms with Crippen LogP contribution in [0.1, 0.15) is 19.8 Å². The monoisotopic (exact) mass is 412 g/mol. The quantitative estimate of drug-likeness (QED) is 0.698. The van der Waals surface area contributed by atoms with E-state index in [1.165, 1.54) is 10.6 Å². The topological polar surface area (TPSA) is 84.3 Å². The van der Waals surface area contributed by atoms with Gasteiger partial charge in [0.15, 0.2) is 5.03 Å². The molecular formula is C21H24N4O3S. The minimum Gasteiger partial charge on any atom is -0.336 e. The van der Waals surface area contributed by atoms with Crippen molar-refractivity contribution in [2.45, 2.75) is 31.3 Å². The van der Waals surface area contributed by atoms with E-state index in [9.17, 15) is 13.2 Å². The number of aryl methyl sites for hydroxylation is 1. The number of nitrogens with zero attached hydrogens (tertiary/aromatic N) is 3. The highest BCUT2D eigenvalue weighted by atomic mass is 32.2. The maximum atomic E-state index is 12.8. The van der Waals surface area contributed by atoms with Gasteiger partial charge in [-0.1, -0.05) is 36.4 Å². The predicted molar refractivity (Wildman–Crippen MR) is 112 cm³/mol. The minimum atomic E-state index is -3.62. The first kappa shape index (κ1) is 19.6. The van der Waals surface area contributed by atoms with E-state index in [0.29, 0.717) is 32.5 Å². The number of rotatable bonds is 5. The Morgan fingerprint density at radius 2 is 1.86 bits per heavy atom. The Morgan fingerprint density at radius 1 is 1.14 bits per heavy atom. The third kappa shape index (κ3) is 3.90. The SMILES string of the molecule is CCn1cnc(S(=O)(=O)N2CCC(C(=O)Nc3cccc4ccccc34)CC2)c1. The molecule has 152 valence electrons. The highest BCUT2D eigenvalue weighted by Gasteiger charge is 2.33. The molecule has 1 N–H and O–H groups in total. The second-order valence-corrected chi connectivity index (χ2v) is 9.12. The number of amides is 1. The second kappa shape index (κ2) is 7.96. The lowest BCUT2D eigenvalue weighted by molar-refractivity contribution is -0.120. The van der Waals surface area contributed by atoms with Crippen molar-refractivity contribution in [3.8, 4) is 0 Å². The van der Waals surface area contributed by atoms with Gasteiger partial charge in [-0.15, -0.1) is 0 Å². The number of aromatic nitrogens is 2. The molecule has 29 heavy (non-hydrogen) atoms. The smallest absolute Gasteiger partial charge is 0.262 e. The van der Waals surface area contributed by atoms with Crippen molar-refractivity contribution >= 4 is 32.4 Å². The molecule has 1 saturated heterocycles. The van der Waals surface area contributed by atoms with Gasteiger partial charge in [-0.05, 0) is 31.2 Å². The summed E-state index contributed by atoms with van der Waals surface area (Å²) in [6.45, 7) is 3.22. The standard InChI is InChI=1S/C21H24N4O3S/c1-2-24-14-20(22-15-24)29(27,28)25-12-10-17(11-13-25)21(26)23-19-9-5-7-16-6-3-4-8-18(16)19/h3-9,14-15,17H,2,10-13H2,1H3,(H,23,26). The highest BCUT2D eigenvalue weighted by molar-refractivity contribution is 7.89. The molecule has 1 aliphatic heterocycles. The number of hydrogen-bond acceptors (Lipinski definition) is 4. The second-order valence-electron chi connectivity index (χ2n) is 7.24. The van der Waals surface area contributed by atoms with Gasteiger partial charge in [0, 0.05) is 42.8 Å². The Bertz CT molecular complexity index is 1130. The molecule has 0 unspecified atom stereocenters. The fourth-order valence-electron chi connectivity index (χ4n) is 3.71. The normalized spacial score (nSPS) is 16.2. The summed E-state index contributed by atoms with van der Waals surface area (Å²) >= 11 is 0. The zero-order valence-electron chi connectivity index (χ0n) is 16.3. The van der Waals surface area contributed by atoms with Crippen molar-refractivity contribution in [2.24, 2.45) is 5.92 Å². The molecule has 2 aromatic carbocycles. The molecule has 0 atom stereocenters. The molecule has 1 amide bonds. The number of hydrogen-bond donors (Lipinski definition) is 1. The van der Waals surface area contributed by atoms with E-state index in [1.807, 2.05) is 49.4 Å². The molecule has 0 radical (unpaired) electrons. The summed E-state index contributed by atoms with van der Waals surface area (Å²) < 4.78 is 28.7. The van der Waals surface area contributed by atoms with Gasteiger partial charge in [-0.3, -0.25) is 4.79 Å². The number of nitrogens with one attached hydrogen (secondary N) is 1. The third-order valence-corrected chi connectivity index (χ3v) is 7.24. The Morgan fingerprint density at radius 3 is 2.59 bits per heavy atom. The zero-order valence-corrected chi connectivity index (χ0v) is 17.1. The van der Waals surface area contributed by atoms with E-state index in [2.05, 4.69) is 10.3 Å². The van der Waals surface area contributed by atoms with Crippen LogP contribution in [0.3, 0.4) is 0 Å². The maximum absolute atomic E-state index is 12.8. The van der Waals surface area contributed by atoms with E-state index in [0.717, 1.165) is 16.5 Å². The summed E-state index contributed by atoms with van der Waals surface area (Å²) in [4.78, 5) is 16.8. The number of imidazole rings is 1. The predicted octanol–water partition coefficient (Wildman–Crippen LogP) is 3.10. The summed E-state index contributed by atoms with van der Waals surface area (Å²) in [5.74, 6) is -0.276. The summed E-state index contributed by atoms with van der Waals surface area (Å²) in [6.07, 6.45) is 4.06. The van der Waals surface area contributed by atoms with Crippen molar-refractivity contribution in [2.75, 3.05) is 18.4 Å². The molecule has 0 saturated carbocycles. The molecule has 1 fully saturated rings. The molecular weight excluding hydrogens is 388 g/mol. The first-order chi connectivity index (χ1) is 14.0. The summed E-state index contributed by atoms with van der Waals surface area (Å²) in [5.41, 5.74) is 0.785. The lowest BCUT2D eigenvalue weighted by Gasteiger charge is -2.30. The van der Waals surface area contributed by atoms with Crippen LogP contribution in [0.4, 0.5) is 5.69 Å². The Kier molecular flexibility index (Phi) is 5.38. The molecule has 8 heteroatoms. The van der Waals surface area contributed by atoms with Crippen molar-refractivity contribution in [1.29, 1.82) is 0 Å². The van der Waals surface area contributed by atoms with Crippen molar-refractivity contribution < 1.29 is 13.2 Å². The average Bonchev–Trinajstić information content (AvgIpc) is 3.24. The van der Waals surface area contributed by atoms with Crippen LogP contribution in [0.25, 0.3) is 10.8 Å². The number of fused-ring (bicyclic) bond motifs is 1. The molecule has 1 aliphatic rings. The molecule has 4 rings (SSSR count). The number of piperidine rings is 1. The van der Waals surface area contributed by atoms with Gasteiger partial charge >= 0.3 is 0 Å². The first-order valence-corrected chi connectivity index (χ1v) is 11.2. The Balaban J connectivity index is 1.42. The number of benzene rings is 2. The Labute approximate surface area is 170 Å². The molecule has 7 nitrogen and oxygen atoms in total. The van der Waals surface area contributed by atoms with Gasteiger partial charge in [0.25, 0.3) is 10.0 Å². The fraction of sp³-hybridized carbons (Fsp3) is 0.333. The number of anilines is 1. The van der Waals surface area contributed by atoms with Gasteiger partial charge < -0.3 is 9.88 Å². The zero-order chi connectivity index (χ0) is 20.4. The van der Waals surface area contributed by atoms with Crippen LogP contribution in [0.2, 0.25) is 0 Å². The molecule has 2 heterocycles. The van der Waals surface area contributed by atoms with Gasteiger partial charge in [0.2, 0.25) is 5.91 Å². The number of sulfonamides is 1. The third-order valence-electron chi connectivity index (χ3n) is 5.45. The number of carbonyl (C=O) groups is 1. The highest BCUT2D eigenvalue weighted by Crippen LogP contribution is 2.27.